The van der Waals surface area contributed by atoms with Crippen LogP contribution in [-0.4, -0.2) is 21.5 Å². The highest BCUT2D eigenvalue weighted by atomic mass is 32.2. The molecule has 1 saturated heterocycles. The molecule has 98 valence electrons. The number of aromatic hydroxyl groups is 1. The van der Waals surface area contributed by atoms with Crippen LogP contribution in [0.1, 0.15) is 5.56 Å². The molecule has 1 aliphatic rings. The van der Waals surface area contributed by atoms with Gasteiger partial charge in [-0.25, -0.2) is 0 Å². The lowest BCUT2D eigenvalue weighted by molar-refractivity contribution is 0.373. The van der Waals surface area contributed by atoms with E-state index in [9.17, 15) is 5.11 Å². The summed E-state index contributed by atoms with van der Waals surface area (Å²) >= 11 is 11.6. The average Bonchev–Trinajstić information content (AvgIpc) is 2.70. The SMILES string of the molecule is COc1cc(C=CC=C2SC(=S)NC2=S)ccc1O. The first-order valence-corrected chi connectivity index (χ1v) is 7.02. The maximum atomic E-state index is 9.49. The number of allylic oxidation sites excluding steroid dienone is 2. The van der Waals surface area contributed by atoms with E-state index in [0.717, 1.165) is 10.5 Å². The van der Waals surface area contributed by atoms with E-state index < -0.39 is 0 Å². The largest absolute Gasteiger partial charge is 0.504 e. The first-order valence-electron chi connectivity index (χ1n) is 5.38. The van der Waals surface area contributed by atoms with Crippen molar-refractivity contribution in [2.45, 2.75) is 0 Å². The number of benzene rings is 1. The topological polar surface area (TPSA) is 41.5 Å². The van der Waals surface area contributed by atoms with Crippen molar-refractivity contribution in [1.82, 2.24) is 5.32 Å². The van der Waals surface area contributed by atoms with Crippen molar-refractivity contribution in [1.29, 1.82) is 0 Å². The molecule has 1 aromatic rings. The molecule has 0 spiro atoms. The van der Waals surface area contributed by atoms with Crippen LogP contribution in [0.4, 0.5) is 0 Å². The number of rotatable bonds is 3. The molecule has 0 radical (unpaired) electrons. The number of nitrogens with one attached hydrogen (secondary N) is 1. The van der Waals surface area contributed by atoms with Crippen LogP contribution in [-0.2, 0) is 0 Å². The minimum absolute atomic E-state index is 0.125. The molecular weight excluding hydrogens is 298 g/mol. The number of methoxy groups -OCH3 is 1. The van der Waals surface area contributed by atoms with E-state index in [1.165, 1.54) is 18.9 Å². The Bertz CT molecular complexity index is 594. The van der Waals surface area contributed by atoms with E-state index in [2.05, 4.69) is 5.32 Å². The molecule has 1 aromatic carbocycles. The van der Waals surface area contributed by atoms with E-state index in [0.29, 0.717) is 15.1 Å². The molecule has 2 N–H and O–H groups in total. The van der Waals surface area contributed by atoms with Gasteiger partial charge in [-0.3, -0.25) is 0 Å². The molecule has 0 saturated carbocycles. The fraction of sp³-hybridized carbons (Fsp3) is 0.0769. The Balaban J connectivity index is 2.13. The van der Waals surface area contributed by atoms with Gasteiger partial charge in [-0.05, 0) is 23.8 Å². The van der Waals surface area contributed by atoms with E-state index in [-0.39, 0.29) is 5.75 Å². The molecule has 0 bridgehead atoms. The smallest absolute Gasteiger partial charge is 0.161 e. The lowest BCUT2D eigenvalue weighted by Crippen LogP contribution is -2.15. The summed E-state index contributed by atoms with van der Waals surface area (Å²) in [6.45, 7) is 0. The maximum Gasteiger partial charge on any atom is 0.161 e. The van der Waals surface area contributed by atoms with Crippen molar-refractivity contribution in [3.8, 4) is 11.5 Å². The highest BCUT2D eigenvalue weighted by molar-refractivity contribution is 8.27. The molecule has 3 nitrogen and oxygen atoms in total. The van der Waals surface area contributed by atoms with Crippen LogP contribution in [0.25, 0.3) is 6.08 Å². The highest BCUT2D eigenvalue weighted by Crippen LogP contribution is 2.27. The fourth-order valence-electron chi connectivity index (χ4n) is 1.48. The van der Waals surface area contributed by atoms with Gasteiger partial charge in [-0.15, -0.1) is 0 Å². The molecule has 19 heavy (non-hydrogen) atoms. The van der Waals surface area contributed by atoms with Gasteiger partial charge < -0.3 is 15.2 Å². The molecule has 0 amide bonds. The lowest BCUT2D eigenvalue weighted by atomic mass is 10.2. The predicted octanol–water partition coefficient (Wildman–Crippen LogP) is 3.25. The first kappa shape index (κ1) is 14.0. The van der Waals surface area contributed by atoms with E-state index in [1.54, 1.807) is 18.2 Å². The number of thiocarbonyl (C=S) groups is 2. The van der Waals surface area contributed by atoms with Crippen LogP contribution in [0.5, 0.6) is 11.5 Å². The Kier molecular flexibility index (Phi) is 4.57. The van der Waals surface area contributed by atoms with Gasteiger partial charge in [0.1, 0.15) is 9.31 Å². The van der Waals surface area contributed by atoms with Crippen LogP contribution in [0.3, 0.4) is 0 Å². The van der Waals surface area contributed by atoms with Crippen LogP contribution >= 0.6 is 36.2 Å². The minimum Gasteiger partial charge on any atom is -0.504 e. The quantitative estimate of drug-likeness (QED) is 0.660. The Labute approximate surface area is 126 Å². The monoisotopic (exact) mass is 309 g/mol. The molecule has 0 aliphatic carbocycles. The third kappa shape index (κ3) is 3.56. The Morgan fingerprint density at radius 2 is 2.16 bits per heavy atom. The van der Waals surface area contributed by atoms with Gasteiger partial charge in [0.15, 0.2) is 11.5 Å². The normalized spacial score (nSPS) is 17.2. The summed E-state index contributed by atoms with van der Waals surface area (Å²) in [6, 6.07) is 5.15. The molecular formula is C13H11NO2S3. The molecule has 1 fully saturated rings. The Morgan fingerprint density at radius 1 is 1.37 bits per heavy atom. The third-order valence-electron chi connectivity index (χ3n) is 2.38. The van der Waals surface area contributed by atoms with Gasteiger partial charge in [-0.1, -0.05) is 54.4 Å². The highest BCUT2D eigenvalue weighted by Gasteiger charge is 2.17. The Morgan fingerprint density at radius 3 is 2.79 bits per heavy atom. The summed E-state index contributed by atoms with van der Waals surface area (Å²) in [6.07, 6.45) is 5.69. The minimum atomic E-state index is 0.125. The van der Waals surface area contributed by atoms with Gasteiger partial charge in [0, 0.05) is 4.91 Å². The van der Waals surface area contributed by atoms with Gasteiger partial charge in [0.05, 0.1) is 7.11 Å². The van der Waals surface area contributed by atoms with Gasteiger partial charge in [-0.2, -0.15) is 0 Å². The molecule has 6 heteroatoms. The summed E-state index contributed by atoms with van der Waals surface area (Å²) in [5.41, 5.74) is 0.927. The molecule has 0 aromatic heterocycles. The van der Waals surface area contributed by atoms with Crippen LogP contribution in [0.2, 0.25) is 0 Å². The van der Waals surface area contributed by atoms with Crippen LogP contribution in [0.15, 0.2) is 35.3 Å². The van der Waals surface area contributed by atoms with Crippen molar-refractivity contribution >= 4 is 51.6 Å². The summed E-state index contributed by atoms with van der Waals surface area (Å²) in [5.74, 6) is 0.573. The van der Waals surface area contributed by atoms with Gasteiger partial charge >= 0.3 is 0 Å². The van der Waals surface area contributed by atoms with Crippen molar-refractivity contribution < 1.29 is 9.84 Å². The summed E-state index contributed by atoms with van der Waals surface area (Å²) in [5, 5.41) is 12.4. The number of ether oxygens (including phenoxy) is 1. The number of hydrogen-bond acceptors (Lipinski definition) is 5. The summed E-state index contributed by atoms with van der Waals surface area (Å²) < 4.78 is 5.72. The third-order valence-corrected chi connectivity index (χ3v) is 4.03. The van der Waals surface area contributed by atoms with E-state index in [1.807, 2.05) is 18.2 Å². The molecule has 0 atom stereocenters. The van der Waals surface area contributed by atoms with Gasteiger partial charge in [0.25, 0.3) is 0 Å². The molecule has 2 rings (SSSR count). The zero-order chi connectivity index (χ0) is 13.8. The second kappa shape index (κ2) is 6.18. The van der Waals surface area contributed by atoms with Crippen molar-refractivity contribution in [2.24, 2.45) is 0 Å². The first-order chi connectivity index (χ1) is 9.10. The number of phenols is 1. The second-order valence-corrected chi connectivity index (χ2v) is 5.79. The molecule has 0 unspecified atom stereocenters. The number of phenolic OH excluding ortho intramolecular Hbond substituents is 1. The lowest BCUT2D eigenvalue weighted by Gasteiger charge is -2.03. The van der Waals surface area contributed by atoms with Crippen LogP contribution in [0, 0.1) is 0 Å². The number of thioether (sulfide) groups is 1. The van der Waals surface area contributed by atoms with E-state index in [4.69, 9.17) is 29.2 Å². The predicted molar refractivity (Wildman–Crippen MR) is 87.7 cm³/mol. The second-order valence-electron chi connectivity index (χ2n) is 3.66. The maximum absolute atomic E-state index is 9.49. The zero-order valence-corrected chi connectivity index (χ0v) is 12.5. The van der Waals surface area contributed by atoms with Crippen molar-refractivity contribution in [3.05, 3.63) is 40.8 Å². The molecule has 1 aliphatic heterocycles. The fourth-order valence-corrected chi connectivity index (χ4v) is 2.92. The summed E-state index contributed by atoms with van der Waals surface area (Å²) in [4.78, 5) is 1.59. The van der Waals surface area contributed by atoms with Gasteiger partial charge in [0.2, 0.25) is 0 Å². The number of hydrogen-bond donors (Lipinski definition) is 2. The summed E-state index contributed by atoms with van der Waals surface area (Å²) in [7, 11) is 1.52. The average molecular weight is 309 g/mol. The van der Waals surface area contributed by atoms with Crippen LogP contribution < -0.4 is 10.1 Å². The zero-order valence-electron chi connectivity index (χ0n) is 10.0. The Hall–Kier alpha value is -1.37. The standard InChI is InChI=1S/C13H11NO2S3/c1-16-10-7-8(5-6-9(10)15)3-2-4-11-12(17)14-13(18)19-11/h2-7,15H,1H3,(H,14,17,18). The molecule has 1 heterocycles. The van der Waals surface area contributed by atoms with E-state index >= 15 is 0 Å². The van der Waals surface area contributed by atoms with Crippen molar-refractivity contribution in [3.63, 3.8) is 0 Å². The van der Waals surface area contributed by atoms with Crippen molar-refractivity contribution in [2.75, 3.05) is 7.11 Å².